The summed E-state index contributed by atoms with van der Waals surface area (Å²) in [6, 6.07) is 10.7. The molecule has 3 rings (SSSR count). The first-order valence-corrected chi connectivity index (χ1v) is 12.4. The average molecular weight is 353 g/mol. The highest BCUT2D eigenvalue weighted by Gasteiger charge is 2.41. The lowest BCUT2D eigenvalue weighted by Gasteiger charge is -2.37. The molecule has 0 radical (unpaired) electrons. The van der Waals surface area contributed by atoms with Gasteiger partial charge >= 0.3 is 0 Å². The van der Waals surface area contributed by atoms with Crippen molar-refractivity contribution < 1.29 is 4.43 Å². The van der Waals surface area contributed by atoms with Crippen molar-refractivity contribution >= 4 is 14.4 Å². The zero-order valence-electron chi connectivity index (χ0n) is 16.3. The van der Waals surface area contributed by atoms with Gasteiger partial charge in [0.1, 0.15) is 0 Å². The number of allylic oxidation sites excluding steroid dienone is 4. The highest BCUT2D eigenvalue weighted by atomic mass is 28.4. The second-order valence-corrected chi connectivity index (χ2v) is 13.8. The SMILES string of the molecule is CC(C)(C)[Si](C)(C)OC[C@H]1/C(=C/c2ccccc2)[C@@H]2C=CC=C[C@H]1C2. The number of hydrogen-bond acceptors (Lipinski definition) is 1. The van der Waals surface area contributed by atoms with Crippen molar-refractivity contribution in [2.75, 3.05) is 6.61 Å². The fraction of sp³-hybridized carbons (Fsp3) is 0.478. The molecular weight excluding hydrogens is 320 g/mol. The molecule has 0 spiro atoms. The summed E-state index contributed by atoms with van der Waals surface area (Å²) in [5, 5.41) is 0.261. The molecule has 0 aromatic heterocycles. The first kappa shape index (κ1) is 18.4. The standard InChI is InChI=1S/C23H32OSi/c1-23(2,3)25(4,5)24-17-22-20-14-10-9-13-19(16-20)21(22)15-18-11-7-6-8-12-18/h6-15,19-20,22H,16-17H2,1-5H3/b21-15+/t19-,20+,22-/m1/s1. The molecule has 25 heavy (non-hydrogen) atoms. The van der Waals surface area contributed by atoms with Gasteiger partial charge in [0.2, 0.25) is 0 Å². The predicted octanol–water partition coefficient (Wildman–Crippen LogP) is 6.47. The summed E-state index contributed by atoms with van der Waals surface area (Å²) in [7, 11) is -1.72. The highest BCUT2D eigenvalue weighted by Crippen LogP contribution is 2.46. The lowest BCUT2D eigenvalue weighted by atomic mass is 9.90. The Labute approximate surface area is 154 Å². The molecule has 0 N–H and O–H groups in total. The molecule has 1 saturated carbocycles. The van der Waals surface area contributed by atoms with Crippen molar-refractivity contribution in [2.24, 2.45) is 17.8 Å². The fourth-order valence-corrected chi connectivity index (χ4v) is 4.64. The molecule has 1 nitrogen and oxygen atoms in total. The van der Waals surface area contributed by atoms with Gasteiger partial charge in [0.15, 0.2) is 8.32 Å². The van der Waals surface area contributed by atoms with Crippen LogP contribution in [-0.4, -0.2) is 14.9 Å². The molecule has 2 bridgehead atoms. The second-order valence-electron chi connectivity index (χ2n) is 9.01. The van der Waals surface area contributed by atoms with Gasteiger partial charge in [-0.3, -0.25) is 0 Å². The second kappa shape index (κ2) is 7.09. The summed E-state index contributed by atoms with van der Waals surface area (Å²) in [6.45, 7) is 12.5. The third-order valence-electron chi connectivity index (χ3n) is 6.27. The summed E-state index contributed by atoms with van der Waals surface area (Å²) in [6.07, 6.45) is 12.8. The van der Waals surface area contributed by atoms with E-state index < -0.39 is 8.32 Å². The van der Waals surface area contributed by atoms with E-state index in [9.17, 15) is 0 Å². The van der Waals surface area contributed by atoms with Crippen molar-refractivity contribution in [2.45, 2.75) is 45.3 Å². The molecule has 3 atom stereocenters. The van der Waals surface area contributed by atoms with Crippen LogP contribution in [0, 0.1) is 17.8 Å². The van der Waals surface area contributed by atoms with Gasteiger partial charge in [-0.25, -0.2) is 0 Å². The van der Waals surface area contributed by atoms with Crippen LogP contribution in [0.4, 0.5) is 0 Å². The van der Waals surface area contributed by atoms with E-state index in [4.69, 9.17) is 4.43 Å². The topological polar surface area (TPSA) is 9.23 Å². The van der Waals surface area contributed by atoms with Gasteiger partial charge in [-0.2, -0.15) is 0 Å². The molecule has 1 aromatic carbocycles. The van der Waals surface area contributed by atoms with E-state index in [0.717, 1.165) is 6.61 Å². The van der Waals surface area contributed by atoms with Crippen LogP contribution in [0.25, 0.3) is 6.08 Å². The van der Waals surface area contributed by atoms with E-state index in [0.29, 0.717) is 17.8 Å². The van der Waals surface area contributed by atoms with Gasteiger partial charge in [-0.05, 0) is 42.0 Å². The van der Waals surface area contributed by atoms with Crippen LogP contribution >= 0.6 is 0 Å². The predicted molar refractivity (Wildman–Crippen MR) is 111 cm³/mol. The lowest BCUT2D eigenvalue weighted by Crippen LogP contribution is -2.42. The molecule has 0 heterocycles. The molecule has 2 heteroatoms. The van der Waals surface area contributed by atoms with Crippen LogP contribution in [0.15, 0.2) is 60.2 Å². The third kappa shape index (κ3) is 4.07. The smallest absolute Gasteiger partial charge is 0.192 e. The Bertz CT molecular complexity index is 676. The van der Waals surface area contributed by atoms with E-state index in [1.807, 2.05) is 0 Å². The van der Waals surface area contributed by atoms with Crippen LogP contribution in [0.3, 0.4) is 0 Å². The minimum Gasteiger partial charge on any atom is -0.416 e. The van der Waals surface area contributed by atoms with Crippen LogP contribution in [-0.2, 0) is 4.43 Å². The minimum atomic E-state index is -1.72. The molecule has 134 valence electrons. The van der Waals surface area contributed by atoms with Crippen molar-refractivity contribution in [3.8, 4) is 0 Å². The maximum absolute atomic E-state index is 6.63. The van der Waals surface area contributed by atoms with Gasteiger partial charge in [0, 0.05) is 12.5 Å². The van der Waals surface area contributed by atoms with Gasteiger partial charge in [0.25, 0.3) is 0 Å². The minimum absolute atomic E-state index is 0.261. The molecular formula is C23H32OSi. The summed E-state index contributed by atoms with van der Waals surface area (Å²) >= 11 is 0. The molecule has 1 aromatic rings. The van der Waals surface area contributed by atoms with E-state index in [1.165, 1.54) is 12.0 Å². The Morgan fingerprint density at radius 2 is 1.76 bits per heavy atom. The van der Waals surface area contributed by atoms with E-state index in [1.54, 1.807) is 5.57 Å². The summed E-state index contributed by atoms with van der Waals surface area (Å²) in [5.74, 6) is 1.65. The van der Waals surface area contributed by atoms with Gasteiger partial charge in [-0.15, -0.1) is 0 Å². The first-order chi connectivity index (χ1) is 11.8. The van der Waals surface area contributed by atoms with Crippen molar-refractivity contribution in [3.63, 3.8) is 0 Å². The Balaban J connectivity index is 1.85. The molecule has 2 aliphatic rings. The number of rotatable bonds is 4. The highest BCUT2D eigenvalue weighted by molar-refractivity contribution is 6.74. The van der Waals surface area contributed by atoms with E-state index in [-0.39, 0.29) is 5.04 Å². The maximum Gasteiger partial charge on any atom is 0.192 e. The Morgan fingerprint density at radius 1 is 1.08 bits per heavy atom. The van der Waals surface area contributed by atoms with Crippen LogP contribution < -0.4 is 0 Å². The molecule has 0 saturated heterocycles. The Kier molecular flexibility index (Phi) is 5.22. The Hall–Kier alpha value is -1.38. The number of benzene rings is 1. The summed E-state index contributed by atoms with van der Waals surface area (Å²) in [4.78, 5) is 0. The average Bonchev–Trinajstić information content (AvgIpc) is 2.71. The van der Waals surface area contributed by atoms with E-state index in [2.05, 4.69) is 94.6 Å². The van der Waals surface area contributed by atoms with E-state index >= 15 is 0 Å². The zero-order chi connectivity index (χ0) is 18.1. The van der Waals surface area contributed by atoms with Crippen molar-refractivity contribution in [3.05, 3.63) is 65.8 Å². The van der Waals surface area contributed by atoms with Gasteiger partial charge in [-0.1, -0.05) is 87.1 Å². The molecule has 1 fully saturated rings. The molecule has 2 aliphatic carbocycles. The zero-order valence-corrected chi connectivity index (χ0v) is 17.3. The fourth-order valence-electron chi connectivity index (χ4n) is 3.61. The van der Waals surface area contributed by atoms with Gasteiger partial charge < -0.3 is 4.43 Å². The largest absolute Gasteiger partial charge is 0.416 e. The normalized spacial score (nSPS) is 27.7. The van der Waals surface area contributed by atoms with Crippen LogP contribution in [0.5, 0.6) is 0 Å². The molecule has 0 unspecified atom stereocenters. The van der Waals surface area contributed by atoms with Crippen LogP contribution in [0.1, 0.15) is 32.8 Å². The summed E-state index contributed by atoms with van der Waals surface area (Å²) in [5.41, 5.74) is 2.86. The molecule has 0 aliphatic heterocycles. The summed E-state index contributed by atoms with van der Waals surface area (Å²) < 4.78 is 6.63. The quantitative estimate of drug-likeness (QED) is 0.564. The number of fused-ring (bicyclic) bond motifs is 2. The molecule has 0 amide bonds. The Morgan fingerprint density at radius 3 is 2.44 bits per heavy atom. The first-order valence-electron chi connectivity index (χ1n) is 9.53. The van der Waals surface area contributed by atoms with Gasteiger partial charge in [0.05, 0.1) is 0 Å². The monoisotopic (exact) mass is 352 g/mol. The third-order valence-corrected chi connectivity index (χ3v) is 10.8. The number of hydrogen-bond donors (Lipinski definition) is 0. The lowest BCUT2D eigenvalue weighted by molar-refractivity contribution is 0.231. The van der Waals surface area contributed by atoms with Crippen molar-refractivity contribution in [1.29, 1.82) is 0 Å². The van der Waals surface area contributed by atoms with Crippen molar-refractivity contribution in [1.82, 2.24) is 0 Å². The van der Waals surface area contributed by atoms with Crippen LogP contribution in [0.2, 0.25) is 18.1 Å². The maximum atomic E-state index is 6.63.